The van der Waals surface area contributed by atoms with Gasteiger partial charge in [0.15, 0.2) is 5.13 Å². The number of nitrogens with zero attached hydrogens (tertiary/aromatic N) is 1. The van der Waals surface area contributed by atoms with Crippen LogP contribution in [0, 0.1) is 0 Å². The van der Waals surface area contributed by atoms with Gasteiger partial charge in [-0.2, -0.15) is 0 Å². The van der Waals surface area contributed by atoms with Crippen LogP contribution >= 0.6 is 11.3 Å². The molecule has 0 saturated heterocycles. The van der Waals surface area contributed by atoms with Crippen LogP contribution in [0.1, 0.15) is 10.4 Å². The van der Waals surface area contributed by atoms with Gasteiger partial charge in [0.25, 0.3) is 0 Å². The van der Waals surface area contributed by atoms with Crippen LogP contribution < -0.4 is 15.8 Å². The number of carbonyl (C=O) groups is 1. The summed E-state index contributed by atoms with van der Waals surface area (Å²) in [7, 11) is -3.30. The van der Waals surface area contributed by atoms with Crippen molar-refractivity contribution in [2.24, 2.45) is 5.73 Å². The molecule has 0 atom stereocenters. The number of amides is 1. The van der Waals surface area contributed by atoms with E-state index in [1.807, 2.05) is 11.4 Å². The molecule has 0 aliphatic heterocycles. The van der Waals surface area contributed by atoms with Crippen molar-refractivity contribution in [2.75, 3.05) is 16.3 Å². The topological polar surface area (TPSA) is 114 Å². The summed E-state index contributed by atoms with van der Waals surface area (Å²) in [6.07, 6.45) is 1.10. The van der Waals surface area contributed by atoms with Crippen molar-refractivity contribution in [3.8, 4) is 11.3 Å². The minimum Gasteiger partial charge on any atom is -0.366 e. The lowest BCUT2D eigenvalue weighted by atomic mass is 10.1. The Morgan fingerprint density at radius 1 is 1.12 bits per heavy atom. The number of thiazole rings is 1. The summed E-state index contributed by atoms with van der Waals surface area (Å²) in [6, 6.07) is 13.8. The van der Waals surface area contributed by atoms with Crippen LogP contribution in [0.25, 0.3) is 11.3 Å². The van der Waals surface area contributed by atoms with Gasteiger partial charge in [0.1, 0.15) is 0 Å². The Kier molecular flexibility index (Phi) is 4.92. The molecule has 0 saturated carbocycles. The third-order valence-electron chi connectivity index (χ3n) is 3.39. The number of sulfonamides is 1. The molecule has 26 heavy (non-hydrogen) atoms. The Labute approximate surface area is 154 Å². The predicted octanol–water partition coefficient (Wildman–Crippen LogP) is 3.02. The smallest absolute Gasteiger partial charge is 0.248 e. The molecule has 7 nitrogen and oxygen atoms in total. The van der Waals surface area contributed by atoms with Crippen LogP contribution in [-0.4, -0.2) is 25.6 Å². The number of benzene rings is 2. The number of hydrogen-bond donors (Lipinski definition) is 3. The summed E-state index contributed by atoms with van der Waals surface area (Å²) in [4.78, 5) is 15.8. The number of carbonyl (C=O) groups excluding carboxylic acids is 1. The summed E-state index contributed by atoms with van der Waals surface area (Å²) >= 11 is 1.42. The first-order valence-corrected chi connectivity index (χ1v) is 10.3. The van der Waals surface area contributed by atoms with E-state index in [9.17, 15) is 13.2 Å². The third kappa shape index (κ3) is 4.58. The van der Waals surface area contributed by atoms with Gasteiger partial charge in [0, 0.05) is 27.9 Å². The number of anilines is 3. The summed E-state index contributed by atoms with van der Waals surface area (Å²) in [5.74, 6) is -0.490. The van der Waals surface area contributed by atoms with Crippen LogP contribution in [0.3, 0.4) is 0 Å². The van der Waals surface area contributed by atoms with E-state index in [4.69, 9.17) is 5.73 Å². The fraction of sp³-hybridized carbons (Fsp3) is 0.0588. The Morgan fingerprint density at radius 2 is 1.85 bits per heavy atom. The van der Waals surface area contributed by atoms with Gasteiger partial charge in [0.2, 0.25) is 15.9 Å². The molecule has 0 bridgehead atoms. The molecule has 0 aliphatic rings. The zero-order valence-electron chi connectivity index (χ0n) is 13.8. The van der Waals surface area contributed by atoms with E-state index in [2.05, 4.69) is 15.0 Å². The number of primary amides is 1. The molecular weight excluding hydrogens is 372 g/mol. The molecule has 2 aromatic carbocycles. The average Bonchev–Trinajstić information content (AvgIpc) is 3.03. The maximum Gasteiger partial charge on any atom is 0.248 e. The first-order valence-electron chi connectivity index (χ1n) is 7.51. The molecule has 1 heterocycles. The number of nitrogens with one attached hydrogen (secondary N) is 2. The molecule has 0 radical (unpaired) electrons. The van der Waals surface area contributed by atoms with Crippen LogP contribution in [0.15, 0.2) is 53.9 Å². The maximum atomic E-state index is 11.2. The largest absolute Gasteiger partial charge is 0.366 e. The summed E-state index contributed by atoms with van der Waals surface area (Å²) in [6.45, 7) is 0. The Hall–Kier alpha value is -2.91. The lowest BCUT2D eigenvalue weighted by molar-refractivity contribution is 0.100. The van der Waals surface area contributed by atoms with Crippen LogP contribution in [-0.2, 0) is 10.0 Å². The van der Waals surface area contributed by atoms with Crippen LogP contribution in [0.4, 0.5) is 16.5 Å². The van der Waals surface area contributed by atoms with Crippen LogP contribution in [0.2, 0.25) is 0 Å². The zero-order valence-corrected chi connectivity index (χ0v) is 15.4. The molecule has 1 aromatic heterocycles. The van der Waals surface area contributed by atoms with Gasteiger partial charge in [-0.05, 0) is 30.3 Å². The molecule has 1 amide bonds. The van der Waals surface area contributed by atoms with E-state index in [1.165, 1.54) is 11.3 Å². The Morgan fingerprint density at radius 3 is 2.50 bits per heavy atom. The van der Waals surface area contributed by atoms with Gasteiger partial charge in [-0.1, -0.05) is 18.2 Å². The predicted molar refractivity (Wildman–Crippen MR) is 104 cm³/mol. The molecule has 0 aliphatic carbocycles. The van der Waals surface area contributed by atoms with E-state index in [0.717, 1.165) is 23.2 Å². The van der Waals surface area contributed by atoms with Crippen molar-refractivity contribution in [2.45, 2.75) is 0 Å². The zero-order chi connectivity index (χ0) is 18.7. The summed E-state index contributed by atoms with van der Waals surface area (Å²) in [5, 5.41) is 5.69. The second kappa shape index (κ2) is 7.14. The molecule has 0 unspecified atom stereocenters. The van der Waals surface area contributed by atoms with Gasteiger partial charge >= 0.3 is 0 Å². The van der Waals surface area contributed by atoms with E-state index in [1.54, 1.807) is 42.5 Å². The Bertz CT molecular complexity index is 1040. The highest BCUT2D eigenvalue weighted by Crippen LogP contribution is 2.28. The van der Waals surface area contributed by atoms with Crippen LogP contribution in [0.5, 0.6) is 0 Å². The lowest BCUT2D eigenvalue weighted by Gasteiger charge is -2.05. The maximum absolute atomic E-state index is 11.2. The third-order valence-corrected chi connectivity index (χ3v) is 4.75. The minimum atomic E-state index is -3.30. The fourth-order valence-electron chi connectivity index (χ4n) is 2.26. The van der Waals surface area contributed by atoms with E-state index in [-0.39, 0.29) is 0 Å². The van der Waals surface area contributed by atoms with E-state index in [0.29, 0.717) is 16.4 Å². The number of hydrogen-bond acceptors (Lipinski definition) is 6. The number of rotatable bonds is 6. The highest BCUT2D eigenvalue weighted by Gasteiger charge is 2.08. The van der Waals surface area contributed by atoms with Crippen molar-refractivity contribution in [1.29, 1.82) is 0 Å². The summed E-state index contributed by atoms with van der Waals surface area (Å²) < 4.78 is 24.9. The molecule has 0 spiro atoms. The molecule has 9 heteroatoms. The van der Waals surface area contributed by atoms with Gasteiger partial charge in [-0.15, -0.1) is 11.3 Å². The molecule has 134 valence electrons. The van der Waals surface area contributed by atoms with E-state index >= 15 is 0 Å². The second-order valence-corrected chi connectivity index (χ2v) is 8.17. The molecule has 3 rings (SSSR count). The van der Waals surface area contributed by atoms with Gasteiger partial charge in [-0.25, -0.2) is 13.4 Å². The highest BCUT2D eigenvalue weighted by atomic mass is 32.2. The van der Waals surface area contributed by atoms with Gasteiger partial charge in [0.05, 0.1) is 11.9 Å². The molecular formula is C17H16N4O3S2. The Balaban J connectivity index is 1.75. The monoisotopic (exact) mass is 388 g/mol. The lowest BCUT2D eigenvalue weighted by Crippen LogP contribution is -2.10. The molecule has 0 fully saturated rings. The first-order chi connectivity index (χ1) is 12.3. The quantitative estimate of drug-likeness (QED) is 0.600. The number of aromatic nitrogens is 1. The van der Waals surface area contributed by atoms with Crippen molar-refractivity contribution in [3.05, 3.63) is 59.5 Å². The SMILES string of the molecule is CS(=O)(=O)Nc1ccc(-c2csc(Nc3cccc(C(N)=O)c3)n2)cc1. The normalized spacial score (nSPS) is 11.1. The average molecular weight is 388 g/mol. The first kappa shape index (κ1) is 17.9. The highest BCUT2D eigenvalue weighted by molar-refractivity contribution is 7.92. The molecule has 3 aromatic rings. The summed E-state index contributed by atoms with van der Waals surface area (Å²) in [5.41, 5.74) is 8.53. The van der Waals surface area contributed by atoms with Crippen molar-refractivity contribution >= 4 is 43.8 Å². The number of nitrogens with two attached hydrogens (primary N) is 1. The molecule has 4 N–H and O–H groups in total. The van der Waals surface area contributed by atoms with Crippen molar-refractivity contribution < 1.29 is 13.2 Å². The fourth-order valence-corrected chi connectivity index (χ4v) is 3.56. The minimum absolute atomic E-state index is 0.417. The second-order valence-electron chi connectivity index (χ2n) is 5.56. The van der Waals surface area contributed by atoms with Gasteiger partial charge in [-0.3, -0.25) is 9.52 Å². The van der Waals surface area contributed by atoms with Crippen molar-refractivity contribution in [3.63, 3.8) is 0 Å². The standard InChI is InChI=1S/C17H16N4O3S2/c1-26(23,24)21-13-7-5-11(6-8-13)15-10-25-17(20-15)19-14-4-2-3-12(9-14)16(18)22/h2-10,21H,1H3,(H2,18,22)(H,19,20). The van der Waals surface area contributed by atoms with E-state index < -0.39 is 15.9 Å². The van der Waals surface area contributed by atoms with Crippen molar-refractivity contribution in [1.82, 2.24) is 4.98 Å². The van der Waals surface area contributed by atoms with Gasteiger partial charge < -0.3 is 11.1 Å².